The van der Waals surface area contributed by atoms with Gasteiger partial charge in [0.25, 0.3) is 5.56 Å². The van der Waals surface area contributed by atoms with Crippen LogP contribution in [-0.2, 0) is 21.4 Å². The minimum absolute atomic E-state index is 0.0240. The first kappa shape index (κ1) is 36.6. The van der Waals surface area contributed by atoms with Gasteiger partial charge < -0.3 is 15.7 Å². The highest BCUT2D eigenvalue weighted by Gasteiger charge is 2.39. The van der Waals surface area contributed by atoms with E-state index in [1.54, 1.807) is 30.2 Å². The van der Waals surface area contributed by atoms with Gasteiger partial charge in [-0.25, -0.2) is 9.78 Å². The molecule has 2 atom stereocenters. The molecule has 0 saturated heterocycles. The summed E-state index contributed by atoms with van der Waals surface area (Å²) in [5.74, 6) is -5.38. The number of anilines is 2. The zero-order valence-corrected chi connectivity index (χ0v) is 26.2. The third-order valence-corrected chi connectivity index (χ3v) is 7.57. The Morgan fingerprint density at radius 3 is 2.35 bits per heavy atom. The molecule has 3 aromatic heterocycles. The molecule has 0 saturated carbocycles. The molecule has 1 aliphatic rings. The number of pyridine rings is 1. The van der Waals surface area contributed by atoms with E-state index in [2.05, 4.69) is 20.4 Å². The highest BCUT2D eigenvalue weighted by Crippen LogP contribution is 2.34. The smallest absolute Gasteiger partial charge is 0.475 e. The lowest BCUT2D eigenvalue weighted by Gasteiger charge is -2.22. The van der Waals surface area contributed by atoms with Gasteiger partial charge in [0.1, 0.15) is 0 Å². The molecule has 0 spiro atoms. The number of rotatable bonds is 3. The Kier molecular flexibility index (Phi) is 10.8. The summed E-state index contributed by atoms with van der Waals surface area (Å²) in [7, 11) is 1.76. The molecule has 0 aliphatic carbocycles. The van der Waals surface area contributed by atoms with Crippen LogP contribution in [0, 0.1) is 5.92 Å². The summed E-state index contributed by atoms with van der Waals surface area (Å²) in [6, 6.07) is 8.06. The summed E-state index contributed by atoms with van der Waals surface area (Å²) >= 11 is 6.08. The van der Waals surface area contributed by atoms with Crippen molar-refractivity contribution in [1.29, 1.82) is 0 Å². The monoisotopic (exact) mass is 713 g/mol. The van der Waals surface area contributed by atoms with Gasteiger partial charge in [0.15, 0.2) is 0 Å². The molecule has 49 heavy (non-hydrogen) atoms. The first-order chi connectivity index (χ1) is 22.9. The lowest BCUT2D eigenvalue weighted by Crippen LogP contribution is -2.30. The summed E-state index contributed by atoms with van der Waals surface area (Å²) < 4.78 is 73.5. The standard InChI is InChI=1S/C28H25ClF3N7O3.C2HF3O2/c1-15-4-3-5-23(21-10-16(8-9-33-21)25-22(36-26(15)41)13-35-38(25)2)39-14-34-20(12-24(39)40)18-11-17(29)6-7-19(18)37-27(42)28(30,31)32;3-2(4,5)1(6)7/h6-15,23H,3-5H2,1-2H3,(H,36,41)(H,37,42);(H,6,7)/t15-,23+;/m1./s1. The topological polar surface area (TPSA) is 161 Å². The number of nitrogens with one attached hydrogen (secondary N) is 2. The van der Waals surface area contributed by atoms with Gasteiger partial charge in [0, 0.05) is 41.4 Å². The number of nitrogens with zero attached hydrogens (tertiary/aromatic N) is 5. The van der Waals surface area contributed by atoms with Crippen molar-refractivity contribution in [3.8, 4) is 22.5 Å². The van der Waals surface area contributed by atoms with Gasteiger partial charge in [0.05, 0.1) is 47.0 Å². The van der Waals surface area contributed by atoms with E-state index in [0.29, 0.717) is 36.3 Å². The Labute approximate surface area is 277 Å². The third kappa shape index (κ3) is 8.81. The van der Waals surface area contributed by atoms with E-state index >= 15 is 0 Å². The predicted molar refractivity (Wildman–Crippen MR) is 164 cm³/mol. The number of carbonyl (C=O) groups excluding carboxylic acids is 2. The van der Waals surface area contributed by atoms with Crippen molar-refractivity contribution < 1.29 is 45.8 Å². The van der Waals surface area contributed by atoms with Crippen molar-refractivity contribution in [2.24, 2.45) is 13.0 Å². The first-order valence-electron chi connectivity index (χ1n) is 14.2. The van der Waals surface area contributed by atoms with Crippen molar-refractivity contribution >= 4 is 40.8 Å². The van der Waals surface area contributed by atoms with Crippen LogP contribution >= 0.6 is 11.6 Å². The van der Waals surface area contributed by atoms with Crippen LogP contribution in [0.4, 0.5) is 37.7 Å². The Hall–Kier alpha value is -5.26. The quantitative estimate of drug-likeness (QED) is 0.223. The van der Waals surface area contributed by atoms with Crippen LogP contribution < -0.4 is 16.2 Å². The number of carboxylic acids is 1. The predicted octanol–water partition coefficient (Wildman–Crippen LogP) is 5.84. The zero-order chi connectivity index (χ0) is 36.3. The highest BCUT2D eigenvalue weighted by molar-refractivity contribution is 6.31. The molecule has 2 amide bonds. The fraction of sp³-hybridized carbons (Fsp3) is 0.300. The summed E-state index contributed by atoms with van der Waals surface area (Å²) in [6.45, 7) is 1.83. The van der Waals surface area contributed by atoms with Crippen LogP contribution in [0.25, 0.3) is 22.5 Å². The van der Waals surface area contributed by atoms with Gasteiger partial charge in [-0.3, -0.25) is 28.6 Å². The number of aryl methyl sites for hydroxylation is 1. The van der Waals surface area contributed by atoms with Crippen LogP contribution in [-0.4, -0.2) is 59.6 Å². The second-order valence-corrected chi connectivity index (χ2v) is 11.2. The molecule has 1 aliphatic heterocycles. The molecule has 1 aromatic carbocycles. The number of alkyl halides is 6. The van der Waals surface area contributed by atoms with Crippen molar-refractivity contribution in [2.75, 3.05) is 10.6 Å². The fourth-order valence-corrected chi connectivity index (χ4v) is 5.08. The minimum Gasteiger partial charge on any atom is -0.475 e. The Balaban J connectivity index is 0.000000698. The van der Waals surface area contributed by atoms with Crippen molar-refractivity contribution in [2.45, 2.75) is 44.6 Å². The lowest BCUT2D eigenvalue weighted by molar-refractivity contribution is -0.192. The number of aromatic nitrogens is 5. The average molecular weight is 714 g/mol. The maximum atomic E-state index is 13.5. The van der Waals surface area contributed by atoms with Gasteiger partial charge in [-0.1, -0.05) is 24.9 Å². The number of hydrogen-bond donors (Lipinski definition) is 3. The van der Waals surface area contributed by atoms with Crippen LogP contribution in [0.15, 0.2) is 59.9 Å². The Morgan fingerprint density at radius 2 is 1.71 bits per heavy atom. The number of benzene rings is 1. The van der Waals surface area contributed by atoms with Crippen molar-refractivity contribution in [1.82, 2.24) is 24.3 Å². The molecule has 2 bridgehead atoms. The summed E-state index contributed by atoms with van der Waals surface area (Å²) in [4.78, 5) is 55.8. The number of halogens is 7. The van der Waals surface area contributed by atoms with E-state index in [1.807, 2.05) is 18.3 Å². The van der Waals surface area contributed by atoms with E-state index in [1.165, 1.54) is 35.2 Å². The number of amides is 2. The van der Waals surface area contributed by atoms with Crippen LogP contribution in [0.2, 0.25) is 5.02 Å². The molecular weight excluding hydrogens is 688 g/mol. The molecule has 4 heterocycles. The SMILES string of the molecule is C[C@@H]1CCC[C@H](n2cnc(-c3cc(Cl)ccc3NC(=O)C(F)(F)F)cc2=O)c2cc(ccn2)-c2c(cnn2C)NC1=O.O=C(O)C(F)(F)F. The third-order valence-electron chi connectivity index (χ3n) is 7.33. The van der Waals surface area contributed by atoms with Gasteiger partial charge >= 0.3 is 24.2 Å². The Bertz CT molecular complexity index is 1940. The molecule has 0 fully saturated rings. The normalized spacial score (nSPS) is 16.6. The van der Waals surface area contributed by atoms with Crippen molar-refractivity contribution in [3.05, 3.63) is 76.2 Å². The van der Waals surface area contributed by atoms with E-state index in [0.717, 1.165) is 5.56 Å². The van der Waals surface area contributed by atoms with Crippen LogP contribution in [0.3, 0.4) is 0 Å². The second kappa shape index (κ2) is 14.5. The van der Waals surface area contributed by atoms with Crippen LogP contribution in [0.5, 0.6) is 0 Å². The summed E-state index contributed by atoms with van der Waals surface area (Å²) in [6.07, 6.45) is -4.13. The molecule has 0 unspecified atom stereocenters. The fourth-order valence-electron chi connectivity index (χ4n) is 4.91. The summed E-state index contributed by atoms with van der Waals surface area (Å²) in [5.41, 5.74) is 1.92. The van der Waals surface area contributed by atoms with E-state index < -0.39 is 35.8 Å². The lowest BCUT2D eigenvalue weighted by atomic mass is 9.97. The number of fused-ring (bicyclic) bond motifs is 4. The molecule has 0 radical (unpaired) electrons. The first-order valence-corrected chi connectivity index (χ1v) is 14.6. The molecule has 19 heteroatoms. The maximum Gasteiger partial charge on any atom is 0.490 e. The van der Waals surface area contributed by atoms with Crippen molar-refractivity contribution in [3.63, 3.8) is 0 Å². The van der Waals surface area contributed by atoms with E-state index in [-0.39, 0.29) is 33.8 Å². The number of carbonyl (C=O) groups is 3. The average Bonchev–Trinajstić information content (AvgIpc) is 3.38. The maximum absolute atomic E-state index is 13.5. The van der Waals surface area contributed by atoms with E-state index in [4.69, 9.17) is 21.5 Å². The van der Waals surface area contributed by atoms with E-state index in [9.17, 15) is 40.7 Å². The van der Waals surface area contributed by atoms with Gasteiger partial charge in [-0.15, -0.1) is 0 Å². The number of aliphatic carboxylic acids is 1. The largest absolute Gasteiger partial charge is 0.490 e. The minimum atomic E-state index is -5.11. The highest BCUT2D eigenvalue weighted by atomic mass is 35.5. The summed E-state index contributed by atoms with van der Waals surface area (Å²) in [5, 5.41) is 16.4. The molecule has 5 rings (SSSR count). The molecule has 3 N–H and O–H groups in total. The number of carboxylic acid groups (broad SMARTS) is 1. The molecule has 12 nitrogen and oxygen atoms in total. The van der Waals surface area contributed by atoms with Crippen LogP contribution in [0.1, 0.15) is 37.9 Å². The zero-order valence-electron chi connectivity index (χ0n) is 25.4. The Morgan fingerprint density at radius 1 is 1.02 bits per heavy atom. The van der Waals surface area contributed by atoms with Gasteiger partial charge in [-0.05, 0) is 43.2 Å². The van der Waals surface area contributed by atoms with Gasteiger partial charge in [-0.2, -0.15) is 31.4 Å². The molecule has 260 valence electrons. The molecular formula is C30H26ClF6N7O5. The van der Waals surface area contributed by atoms with Gasteiger partial charge in [0.2, 0.25) is 5.91 Å². The number of hydrogen-bond acceptors (Lipinski definition) is 7. The second-order valence-electron chi connectivity index (χ2n) is 10.8. The molecule has 4 aromatic rings.